The molecular weight excluding hydrogens is 372 g/mol. The van der Waals surface area contributed by atoms with Crippen molar-refractivity contribution in [2.45, 2.75) is 4.90 Å². The molecule has 3 N–H and O–H groups in total. The standard InChI is InChI=1S/C18H12N2O6S/c21-14-8-9(4-5-10(14)18(23)24)20-27(25,26)15-7-6-13-16-11(15)2-1-3-12(16)17(22)19-13/h1-8,20-21H,(H,19,22)(H,23,24)/p-1. The number of carboxylic acids is 1. The van der Waals surface area contributed by atoms with Gasteiger partial charge in [0, 0.05) is 27.7 Å². The molecule has 0 unspecified atom stereocenters. The second-order valence-electron chi connectivity index (χ2n) is 5.92. The smallest absolute Gasteiger partial charge is 0.335 e. The van der Waals surface area contributed by atoms with Crippen molar-refractivity contribution in [1.82, 2.24) is 0 Å². The summed E-state index contributed by atoms with van der Waals surface area (Å²) in [5.74, 6) is -2.50. The van der Waals surface area contributed by atoms with Gasteiger partial charge in [0.25, 0.3) is 15.9 Å². The maximum Gasteiger partial charge on any atom is 0.335 e. The number of anilines is 2. The summed E-state index contributed by atoms with van der Waals surface area (Å²) in [6, 6.07) is 10.8. The van der Waals surface area contributed by atoms with Crippen LogP contribution in [0, 0.1) is 0 Å². The predicted molar refractivity (Wildman–Crippen MR) is 95.6 cm³/mol. The zero-order valence-corrected chi connectivity index (χ0v) is 14.3. The molecule has 0 aromatic heterocycles. The average molecular weight is 383 g/mol. The quantitative estimate of drug-likeness (QED) is 0.630. The maximum absolute atomic E-state index is 12.8. The molecule has 3 aromatic carbocycles. The third kappa shape index (κ3) is 2.64. The summed E-state index contributed by atoms with van der Waals surface area (Å²) in [4.78, 5) is 22.8. The van der Waals surface area contributed by atoms with E-state index in [0.29, 0.717) is 22.0 Å². The number of carboxylic acid groups (broad SMARTS) is 1. The number of benzene rings is 3. The first kappa shape index (κ1) is 16.9. The average Bonchev–Trinajstić information content (AvgIpc) is 2.92. The lowest BCUT2D eigenvalue weighted by Gasteiger charge is -2.15. The Hall–Kier alpha value is -3.59. The first-order valence-electron chi connectivity index (χ1n) is 7.72. The lowest BCUT2D eigenvalue weighted by molar-refractivity contribution is -0.268. The largest absolute Gasteiger partial charge is 0.872 e. The number of carbonyl (C=O) groups is 2. The number of nitrogens with one attached hydrogen (secondary N) is 2. The summed E-state index contributed by atoms with van der Waals surface area (Å²) >= 11 is 0. The summed E-state index contributed by atoms with van der Waals surface area (Å²) in [5.41, 5.74) is 0.403. The van der Waals surface area contributed by atoms with Gasteiger partial charge in [-0.25, -0.2) is 13.2 Å². The second kappa shape index (κ2) is 5.71. The Morgan fingerprint density at radius 1 is 1.11 bits per heavy atom. The summed E-state index contributed by atoms with van der Waals surface area (Å²) in [6.45, 7) is 0. The minimum absolute atomic E-state index is 0.0533. The van der Waals surface area contributed by atoms with E-state index in [4.69, 9.17) is 5.11 Å². The van der Waals surface area contributed by atoms with Crippen LogP contribution in [-0.2, 0) is 10.0 Å². The molecule has 1 amide bonds. The van der Waals surface area contributed by atoms with Crippen molar-refractivity contribution in [3.05, 3.63) is 59.7 Å². The lowest BCUT2D eigenvalue weighted by Crippen LogP contribution is -2.14. The molecule has 1 aliphatic heterocycles. The lowest BCUT2D eigenvalue weighted by atomic mass is 10.1. The number of sulfonamides is 1. The first-order chi connectivity index (χ1) is 12.8. The van der Waals surface area contributed by atoms with E-state index in [1.807, 2.05) is 0 Å². The highest BCUT2D eigenvalue weighted by molar-refractivity contribution is 7.93. The predicted octanol–water partition coefficient (Wildman–Crippen LogP) is 1.98. The van der Waals surface area contributed by atoms with Crippen molar-refractivity contribution in [2.24, 2.45) is 0 Å². The van der Waals surface area contributed by atoms with Crippen LogP contribution in [-0.4, -0.2) is 25.4 Å². The molecule has 4 rings (SSSR count). The molecule has 0 fully saturated rings. The molecule has 0 radical (unpaired) electrons. The van der Waals surface area contributed by atoms with E-state index in [-0.39, 0.29) is 16.5 Å². The van der Waals surface area contributed by atoms with Gasteiger partial charge in [-0.2, -0.15) is 0 Å². The summed E-state index contributed by atoms with van der Waals surface area (Å²) in [6.07, 6.45) is 0. The monoisotopic (exact) mass is 383 g/mol. The van der Waals surface area contributed by atoms with Crippen LogP contribution in [0.25, 0.3) is 10.8 Å². The van der Waals surface area contributed by atoms with Gasteiger partial charge in [0.2, 0.25) is 0 Å². The molecular formula is C18H11N2O6S-. The van der Waals surface area contributed by atoms with Crippen LogP contribution in [0.4, 0.5) is 11.4 Å². The number of amides is 1. The van der Waals surface area contributed by atoms with Gasteiger partial charge in [-0.1, -0.05) is 17.9 Å². The van der Waals surface area contributed by atoms with Crippen molar-refractivity contribution < 1.29 is 28.2 Å². The van der Waals surface area contributed by atoms with Crippen LogP contribution in [0.1, 0.15) is 20.7 Å². The van der Waals surface area contributed by atoms with Gasteiger partial charge in [0.05, 0.1) is 10.5 Å². The molecule has 27 heavy (non-hydrogen) atoms. The Morgan fingerprint density at radius 3 is 2.59 bits per heavy atom. The zero-order valence-electron chi connectivity index (χ0n) is 13.5. The van der Waals surface area contributed by atoms with E-state index in [1.54, 1.807) is 18.2 Å². The molecule has 3 aromatic rings. The molecule has 8 nitrogen and oxygen atoms in total. The van der Waals surface area contributed by atoms with Crippen LogP contribution in [0.2, 0.25) is 0 Å². The number of hydrogen-bond acceptors (Lipinski definition) is 5. The minimum atomic E-state index is -4.09. The molecule has 9 heteroatoms. The summed E-state index contributed by atoms with van der Waals surface area (Å²) < 4.78 is 27.9. The maximum atomic E-state index is 12.8. The van der Waals surface area contributed by atoms with Crippen molar-refractivity contribution >= 4 is 44.0 Å². The third-order valence-electron chi connectivity index (χ3n) is 4.25. The van der Waals surface area contributed by atoms with Crippen molar-refractivity contribution in [1.29, 1.82) is 0 Å². The molecule has 0 aliphatic carbocycles. The van der Waals surface area contributed by atoms with Crippen LogP contribution in [0.15, 0.2) is 53.4 Å². The fourth-order valence-corrected chi connectivity index (χ4v) is 4.32. The Morgan fingerprint density at radius 2 is 1.89 bits per heavy atom. The van der Waals surface area contributed by atoms with E-state index in [1.165, 1.54) is 18.2 Å². The summed E-state index contributed by atoms with van der Waals surface area (Å²) in [5, 5.41) is 24.2. The molecule has 0 bridgehead atoms. The first-order valence-corrected chi connectivity index (χ1v) is 9.20. The molecule has 0 atom stereocenters. The normalized spacial score (nSPS) is 12.8. The molecule has 1 heterocycles. The zero-order chi connectivity index (χ0) is 19.3. The molecule has 0 spiro atoms. The third-order valence-corrected chi connectivity index (χ3v) is 5.69. The molecule has 0 saturated heterocycles. The number of hydrogen-bond donors (Lipinski definition) is 3. The van der Waals surface area contributed by atoms with Gasteiger partial charge in [-0.15, -0.1) is 0 Å². The Kier molecular flexibility index (Phi) is 3.57. The van der Waals surface area contributed by atoms with Crippen molar-refractivity contribution in [3.8, 4) is 5.75 Å². The topological polar surface area (TPSA) is 136 Å². The van der Waals surface area contributed by atoms with Crippen molar-refractivity contribution in [3.63, 3.8) is 0 Å². The highest BCUT2D eigenvalue weighted by Gasteiger charge is 2.26. The summed E-state index contributed by atoms with van der Waals surface area (Å²) in [7, 11) is -4.09. The van der Waals surface area contributed by atoms with Gasteiger partial charge < -0.3 is 15.5 Å². The van der Waals surface area contributed by atoms with Gasteiger partial charge in [0.15, 0.2) is 0 Å². The minimum Gasteiger partial charge on any atom is -0.872 e. The highest BCUT2D eigenvalue weighted by atomic mass is 32.2. The van der Waals surface area contributed by atoms with Gasteiger partial charge in [0.1, 0.15) is 0 Å². The number of aromatic carboxylic acids is 1. The van der Waals surface area contributed by atoms with Gasteiger partial charge in [-0.05, 0) is 36.4 Å². The van der Waals surface area contributed by atoms with Crippen LogP contribution < -0.4 is 15.1 Å². The van der Waals surface area contributed by atoms with E-state index in [2.05, 4.69) is 10.0 Å². The fraction of sp³-hybridized carbons (Fsp3) is 0. The Labute approximate surface area is 153 Å². The highest BCUT2D eigenvalue weighted by Crippen LogP contribution is 2.37. The Bertz CT molecular complexity index is 1250. The van der Waals surface area contributed by atoms with E-state index >= 15 is 0 Å². The number of carbonyl (C=O) groups excluding carboxylic acids is 1. The molecule has 1 aliphatic rings. The van der Waals surface area contributed by atoms with Crippen LogP contribution >= 0.6 is 0 Å². The number of rotatable bonds is 4. The van der Waals surface area contributed by atoms with E-state index in [0.717, 1.165) is 12.1 Å². The fourth-order valence-electron chi connectivity index (χ4n) is 3.07. The van der Waals surface area contributed by atoms with E-state index < -0.39 is 27.3 Å². The Balaban J connectivity index is 1.80. The van der Waals surface area contributed by atoms with Crippen LogP contribution in [0.5, 0.6) is 5.75 Å². The molecule has 0 saturated carbocycles. The second-order valence-corrected chi connectivity index (χ2v) is 7.57. The van der Waals surface area contributed by atoms with Crippen molar-refractivity contribution in [2.75, 3.05) is 10.0 Å². The SMILES string of the molecule is O=C(O)c1ccc(NS(=O)(=O)c2ccc3c4c(cccc24)C(=O)N3)cc1[O-]. The van der Waals surface area contributed by atoms with Gasteiger partial charge in [-0.3, -0.25) is 9.52 Å². The van der Waals surface area contributed by atoms with Crippen LogP contribution in [0.3, 0.4) is 0 Å². The van der Waals surface area contributed by atoms with Gasteiger partial charge >= 0.3 is 5.97 Å². The molecule has 136 valence electrons. The van der Waals surface area contributed by atoms with E-state index in [9.17, 15) is 23.1 Å².